The van der Waals surface area contributed by atoms with Gasteiger partial charge in [0.05, 0.1) is 0 Å². The van der Waals surface area contributed by atoms with Crippen LogP contribution in [0.3, 0.4) is 0 Å². The van der Waals surface area contributed by atoms with Gasteiger partial charge in [-0.3, -0.25) is 0 Å². The van der Waals surface area contributed by atoms with Gasteiger partial charge in [-0.1, -0.05) is 0 Å². The quantitative estimate of drug-likeness (QED) is 0.426. The summed E-state index contributed by atoms with van der Waals surface area (Å²) in [6, 6.07) is 20.8. The van der Waals surface area contributed by atoms with E-state index in [1.165, 1.54) is 11.1 Å². The first-order valence-corrected chi connectivity index (χ1v) is 13.6. The van der Waals surface area contributed by atoms with Crippen LogP contribution in [0.4, 0.5) is 4.79 Å². The molecule has 2 atom stereocenters. The summed E-state index contributed by atoms with van der Waals surface area (Å²) in [5.74, 6) is -0.448. The minimum absolute atomic E-state index is 0.00610. The number of rotatable bonds is 8. The fourth-order valence-corrected chi connectivity index (χ4v) is 6.30. The summed E-state index contributed by atoms with van der Waals surface area (Å²) >= 11 is -1.38. The summed E-state index contributed by atoms with van der Waals surface area (Å²) in [6.45, 7) is 6.10. The van der Waals surface area contributed by atoms with Crippen molar-refractivity contribution in [3.05, 3.63) is 83.4 Å². The minimum atomic E-state index is -1.38. The van der Waals surface area contributed by atoms with E-state index in [0.29, 0.717) is 5.75 Å². The molecule has 7 heteroatoms. The molecule has 6 nitrogen and oxygen atoms in total. The van der Waals surface area contributed by atoms with Crippen LogP contribution in [0.5, 0.6) is 5.75 Å². The van der Waals surface area contributed by atoms with Crippen LogP contribution in [0.25, 0.3) is 11.1 Å². The molecule has 0 heterocycles. The Morgan fingerprint density at radius 3 is 2.17 bits per heavy atom. The number of benzene rings is 3. The van der Waals surface area contributed by atoms with Crippen molar-refractivity contribution >= 4 is 30.8 Å². The molecule has 182 valence electrons. The zero-order chi connectivity index (χ0) is 25.2. The predicted octanol–water partition coefficient (Wildman–Crippen LogP) is 3.83. The predicted molar refractivity (Wildman–Crippen MR) is 138 cm³/mol. The zero-order valence-corrected chi connectivity index (χ0v) is 22.2. The fraction of sp³-hybridized carbons (Fsp3) is 0.286. The van der Waals surface area contributed by atoms with Crippen LogP contribution in [0.1, 0.15) is 43.4 Å². The standard InChI is InChI=1S/C28H30AsNO5/c1-28(2,3)35-18-13-12-17(14-25(30)26(31)32)24(15-18)29-27(33)34-16-23-21-10-6-4-8-19(21)20-9-5-7-11-22(20)23/h4-13,15,23,25,29H,14,16,30H2,1-3H3,(H,31,32)/t25-/m0/s1. The van der Waals surface area contributed by atoms with Gasteiger partial charge in [0.25, 0.3) is 0 Å². The van der Waals surface area contributed by atoms with Crippen molar-refractivity contribution in [3.63, 3.8) is 0 Å². The average molecular weight is 535 g/mol. The maximum absolute atomic E-state index is 13.0. The third-order valence-corrected chi connectivity index (χ3v) is 8.12. The van der Waals surface area contributed by atoms with Gasteiger partial charge in [0.1, 0.15) is 0 Å². The second-order valence-electron chi connectivity index (χ2n) is 9.63. The van der Waals surface area contributed by atoms with E-state index in [1.54, 1.807) is 12.1 Å². The number of nitrogens with two attached hydrogens (primary N) is 1. The van der Waals surface area contributed by atoms with E-state index in [1.807, 2.05) is 51.1 Å². The summed E-state index contributed by atoms with van der Waals surface area (Å²) in [4.78, 5) is 24.3. The Morgan fingerprint density at radius 2 is 1.60 bits per heavy atom. The van der Waals surface area contributed by atoms with Crippen LogP contribution in [0.15, 0.2) is 66.7 Å². The first-order chi connectivity index (χ1) is 16.6. The third-order valence-electron chi connectivity index (χ3n) is 5.84. The van der Waals surface area contributed by atoms with Crippen LogP contribution < -0.4 is 14.8 Å². The molecule has 4 rings (SSSR count). The molecular weight excluding hydrogens is 505 g/mol. The van der Waals surface area contributed by atoms with E-state index in [9.17, 15) is 14.7 Å². The van der Waals surface area contributed by atoms with E-state index in [-0.39, 0.29) is 23.7 Å². The third kappa shape index (κ3) is 5.95. The molecule has 3 aromatic rings. The Kier molecular flexibility index (Phi) is 7.34. The van der Waals surface area contributed by atoms with Crippen LogP contribution in [-0.2, 0) is 16.0 Å². The van der Waals surface area contributed by atoms with Crippen LogP contribution in [0, 0.1) is 0 Å². The van der Waals surface area contributed by atoms with Gasteiger partial charge >= 0.3 is 212 Å². The fourth-order valence-electron chi connectivity index (χ4n) is 4.34. The second-order valence-corrected chi connectivity index (χ2v) is 12.1. The number of carbonyl (C=O) groups is 2. The van der Waals surface area contributed by atoms with Gasteiger partial charge in [0, 0.05) is 0 Å². The Balaban J connectivity index is 1.52. The molecular formula is C28H30AsNO5. The molecule has 0 saturated carbocycles. The van der Waals surface area contributed by atoms with Crippen molar-refractivity contribution in [1.82, 2.24) is 0 Å². The molecule has 1 aliphatic carbocycles. The van der Waals surface area contributed by atoms with Crippen molar-refractivity contribution in [3.8, 4) is 16.9 Å². The van der Waals surface area contributed by atoms with Crippen molar-refractivity contribution < 1.29 is 24.2 Å². The SMILES string of the molecule is CC(C)(C)Oc1ccc(C[C@H](N)C(=O)O)c([AsH]C(=O)OCC2c3ccccc3-c3ccccc32)c1. The first-order valence-electron chi connectivity index (χ1n) is 11.5. The van der Waals surface area contributed by atoms with Gasteiger partial charge in [0.2, 0.25) is 0 Å². The van der Waals surface area contributed by atoms with Crippen molar-refractivity contribution in [2.45, 2.75) is 44.8 Å². The summed E-state index contributed by atoms with van der Waals surface area (Å²) in [7, 11) is 0. The number of hydrogen-bond acceptors (Lipinski definition) is 5. The summed E-state index contributed by atoms with van der Waals surface area (Å²) in [5.41, 5.74) is 10.8. The van der Waals surface area contributed by atoms with Crippen molar-refractivity contribution in [2.24, 2.45) is 5.73 Å². The van der Waals surface area contributed by atoms with E-state index in [0.717, 1.165) is 21.0 Å². The topological polar surface area (TPSA) is 98.9 Å². The maximum atomic E-state index is 13.0. The molecule has 0 saturated heterocycles. The molecule has 0 bridgehead atoms. The number of aliphatic carboxylic acids is 1. The summed E-state index contributed by atoms with van der Waals surface area (Å²) < 4.78 is 12.3. The van der Waals surface area contributed by atoms with E-state index < -0.39 is 33.4 Å². The molecule has 0 radical (unpaired) electrons. The number of carboxylic acid groups (broad SMARTS) is 1. The van der Waals surface area contributed by atoms with Gasteiger partial charge in [0.15, 0.2) is 0 Å². The molecule has 0 aromatic heterocycles. The first kappa shape index (κ1) is 25.0. The number of ether oxygens (including phenoxy) is 2. The Bertz CT molecular complexity index is 1200. The number of carbonyl (C=O) groups excluding carboxylic acids is 1. The van der Waals surface area contributed by atoms with Crippen LogP contribution in [0.2, 0.25) is 0 Å². The van der Waals surface area contributed by atoms with Crippen molar-refractivity contribution in [2.75, 3.05) is 6.61 Å². The molecule has 35 heavy (non-hydrogen) atoms. The Hall–Kier alpha value is -3.08. The molecule has 0 spiro atoms. The van der Waals surface area contributed by atoms with Gasteiger partial charge in [-0.05, 0) is 0 Å². The molecule has 3 N–H and O–H groups in total. The molecule has 0 aliphatic heterocycles. The average Bonchev–Trinajstić information content (AvgIpc) is 3.12. The normalized spacial score (nSPS) is 13.9. The Labute approximate surface area is 212 Å². The molecule has 0 amide bonds. The molecule has 0 fully saturated rings. The number of hydrogen-bond donors (Lipinski definition) is 2. The molecule has 1 unspecified atom stereocenters. The van der Waals surface area contributed by atoms with Crippen LogP contribution in [-0.4, -0.2) is 49.8 Å². The van der Waals surface area contributed by atoms with E-state index in [4.69, 9.17) is 15.2 Å². The molecule has 1 aliphatic rings. The monoisotopic (exact) mass is 535 g/mol. The Morgan fingerprint density at radius 1 is 1.00 bits per heavy atom. The number of carboxylic acids is 1. The van der Waals surface area contributed by atoms with E-state index >= 15 is 0 Å². The van der Waals surface area contributed by atoms with Crippen LogP contribution >= 0.6 is 0 Å². The van der Waals surface area contributed by atoms with Crippen molar-refractivity contribution in [1.29, 1.82) is 0 Å². The molecule has 3 aromatic carbocycles. The van der Waals surface area contributed by atoms with Gasteiger partial charge in [-0.2, -0.15) is 0 Å². The van der Waals surface area contributed by atoms with E-state index in [2.05, 4.69) is 24.3 Å². The summed E-state index contributed by atoms with van der Waals surface area (Å²) in [5, 5.41) is 9.26. The van der Waals surface area contributed by atoms with Gasteiger partial charge < -0.3 is 0 Å². The second kappa shape index (κ2) is 10.3. The zero-order valence-electron chi connectivity index (χ0n) is 20.1. The summed E-state index contributed by atoms with van der Waals surface area (Å²) in [6.07, 6.45) is 0.140. The van der Waals surface area contributed by atoms with Gasteiger partial charge in [-0.15, -0.1) is 0 Å². The number of fused-ring (bicyclic) bond motifs is 3. The van der Waals surface area contributed by atoms with Gasteiger partial charge in [-0.25, -0.2) is 0 Å².